The molecule has 0 amide bonds. The topological polar surface area (TPSA) is 82.6 Å². The first-order valence-electron chi connectivity index (χ1n) is 8.42. The zero-order chi connectivity index (χ0) is 16.4. The van der Waals surface area contributed by atoms with Gasteiger partial charge in [0.1, 0.15) is 0 Å². The Morgan fingerprint density at radius 1 is 1.27 bits per heavy atom. The van der Waals surface area contributed by atoms with Crippen molar-refractivity contribution in [2.45, 2.75) is 46.5 Å². The fourth-order valence-electron chi connectivity index (χ4n) is 2.09. The minimum Gasteiger partial charge on any atom is -0.357 e. The van der Waals surface area contributed by atoms with Gasteiger partial charge in [0.05, 0.1) is 5.75 Å². The van der Waals surface area contributed by atoms with E-state index in [1.807, 2.05) is 6.92 Å². The number of guanidine groups is 1. The summed E-state index contributed by atoms with van der Waals surface area (Å²) in [6.07, 6.45) is 4.55. The standard InChI is InChI=1S/C15H32N4O2S/c1-4-16-15(17-9-8-13(2)3)18-10-11-22(20,21)19-12-14-6-5-7-14/h13-14,19H,4-12H2,1-3H3,(H2,16,17,18). The second-order valence-corrected chi connectivity index (χ2v) is 8.26. The van der Waals surface area contributed by atoms with Crippen molar-refractivity contribution in [2.24, 2.45) is 16.8 Å². The van der Waals surface area contributed by atoms with Crippen molar-refractivity contribution in [2.75, 3.05) is 31.9 Å². The Labute approximate surface area is 135 Å². The summed E-state index contributed by atoms with van der Waals surface area (Å²) < 4.78 is 26.5. The second-order valence-electron chi connectivity index (χ2n) is 6.33. The first kappa shape index (κ1) is 19.2. The summed E-state index contributed by atoms with van der Waals surface area (Å²) in [6.45, 7) is 8.79. The fourth-order valence-corrected chi connectivity index (χ4v) is 3.10. The smallest absolute Gasteiger partial charge is 0.213 e. The normalized spacial score (nSPS) is 16.6. The molecule has 0 unspecified atom stereocenters. The number of rotatable bonds is 10. The van der Waals surface area contributed by atoms with E-state index in [0.29, 0.717) is 30.9 Å². The molecule has 0 aliphatic heterocycles. The SMILES string of the molecule is CCNC(=NCCC(C)C)NCCS(=O)(=O)NCC1CCC1. The van der Waals surface area contributed by atoms with Crippen LogP contribution in [-0.4, -0.2) is 46.3 Å². The van der Waals surface area contributed by atoms with E-state index in [4.69, 9.17) is 0 Å². The van der Waals surface area contributed by atoms with E-state index >= 15 is 0 Å². The number of aliphatic imine (C=N–C) groups is 1. The maximum atomic E-state index is 11.9. The Kier molecular flexibility index (Phi) is 8.78. The van der Waals surface area contributed by atoms with Crippen LogP contribution in [0.15, 0.2) is 4.99 Å². The molecule has 7 heteroatoms. The second kappa shape index (κ2) is 10.0. The highest BCUT2D eigenvalue weighted by Crippen LogP contribution is 2.25. The Balaban J connectivity index is 2.27. The van der Waals surface area contributed by atoms with Crippen LogP contribution < -0.4 is 15.4 Å². The van der Waals surface area contributed by atoms with Crippen molar-refractivity contribution in [1.82, 2.24) is 15.4 Å². The Morgan fingerprint density at radius 3 is 2.55 bits per heavy atom. The summed E-state index contributed by atoms with van der Waals surface area (Å²) in [5.41, 5.74) is 0. The van der Waals surface area contributed by atoms with Crippen LogP contribution in [0.4, 0.5) is 0 Å². The lowest BCUT2D eigenvalue weighted by molar-refractivity contribution is 0.316. The van der Waals surface area contributed by atoms with Crippen molar-refractivity contribution in [3.05, 3.63) is 0 Å². The van der Waals surface area contributed by atoms with Crippen LogP contribution in [0, 0.1) is 11.8 Å². The summed E-state index contributed by atoms with van der Waals surface area (Å²) >= 11 is 0. The number of nitrogens with one attached hydrogen (secondary N) is 3. The highest BCUT2D eigenvalue weighted by atomic mass is 32.2. The molecule has 1 aliphatic rings. The molecule has 1 rings (SSSR count). The van der Waals surface area contributed by atoms with Gasteiger partial charge >= 0.3 is 0 Å². The molecule has 0 aromatic heterocycles. The third kappa shape index (κ3) is 8.58. The molecule has 6 nitrogen and oxygen atoms in total. The number of hydrogen-bond donors (Lipinski definition) is 3. The summed E-state index contributed by atoms with van der Waals surface area (Å²) in [4.78, 5) is 4.45. The lowest BCUT2D eigenvalue weighted by Gasteiger charge is -2.25. The molecule has 1 aliphatic carbocycles. The molecular weight excluding hydrogens is 300 g/mol. The van der Waals surface area contributed by atoms with Gasteiger partial charge in [0.15, 0.2) is 5.96 Å². The van der Waals surface area contributed by atoms with Crippen LogP contribution in [-0.2, 0) is 10.0 Å². The maximum absolute atomic E-state index is 11.9. The van der Waals surface area contributed by atoms with Crippen molar-refractivity contribution < 1.29 is 8.42 Å². The molecule has 0 bridgehead atoms. The largest absolute Gasteiger partial charge is 0.357 e. The van der Waals surface area contributed by atoms with Gasteiger partial charge in [-0.05, 0) is 38.0 Å². The minimum absolute atomic E-state index is 0.0777. The zero-order valence-corrected chi connectivity index (χ0v) is 15.0. The van der Waals surface area contributed by atoms with Gasteiger partial charge in [0, 0.05) is 26.2 Å². The highest BCUT2D eigenvalue weighted by Gasteiger charge is 2.19. The van der Waals surface area contributed by atoms with Gasteiger partial charge in [-0.15, -0.1) is 0 Å². The quantitative estimate of drug-likeness (QED) is 0.416. The van der Waals surface area contributed by atoms with Gasteiger partial charge in [0.2, 0.25) is 10.0 Å². The van der Waals surface area contributed by atoms with Crippen LogP contribution in [0.1, 0.15) is 46.5 Å². The van der Waals surface area contributed by atoms with Crippen LogP contribution >= 0.6 is 0 Å². The van der Waals surface area contributed by atoms with Crippen molar-refractivity contribution in [3.63, 3.8) is 0 Å². The molecule has 1 fully saturated rings. The first-order valence-corrected chi connectivity index (χ1v) is 10.1. The molecule has 22 heavy (non-hydrogen) atoms. The van der Waals surface area contributed by atoms with Gasteiger partial charge in [-0.25, -0.2) is 13.1 Å². The number of sulfonamides is 1. The van der Waals surface area contributed by atoms with Gasteiger partial charge in [-0.2, -0.15) is 0 Å². The summed E-state index contributed by atoms with van der Waals surface area (Å²) in [5.74, 6) is 1.92. The molecule has 0 saturated heterocycles. The number of nitrogens with zero attached hydrogens (tertiary/aromatic N) is 1. The Bertz CT molecular complexity index is 431. The molecule has 0 atom stereocenters. The average Bonchev–Trinajstić information content (AvgIpc) is 2.36. The predicted octanol–water partition coefficient (Wildman–Crippen LogP) is 1.31. The van der Waals surface area contributed by atoms with E-state index in [1.165, 1.54) is 6.42 Å². The average molecular weight is 333 g/mol. The Hall–Kier alpha value is -0.820. The molecule has 0 aromatic rings. The van der Waals surface area contributed by atoms with Crippen molar-refractivity contribution in [1.29, 1.82) is 0 Å². The molecule has 0 aromatic carbocycles. The lowest BCUT2D eigenvalue weighted by atomic mass is 9.86. The molecule has 1 saturated carbocycles. The molecule has 0 radical (unpaired) electrons. The zero-order valence-electron chi connectivity index (χ0n) is 14.2. The molecular formula is C15H32N4O2S. The molecule has 0 heterocycles. The third-order valence-electron chi connectivity index (χ3n) is 3.80. The van der Waals surface area contributed by atoms with Crippen LogP contribution in [0.3, 0.4) is 0 Å². The van der Waals surface area contributed by atoms with Gasteiger partial charge in [-0.3, -0.25) is 4.99 Å². The van der Waals surface area contributed by atoms with Crippen LogP contribution in [0.25, 0.3) is 0 Å². The monoisotopic (exact) mass is 332 g/mol. The van der Waals surface area contributed by atoms with Gasteiger partial charge < -0.3 is 10.6 Å². The third-order valence-corrected chi connectivity index (χ3v) is 5.15. The molecule has 0 spiro atoms. The highest BCUT2D eigenvalue weighted by molar-refractivity contribution is 7.89. The van der Waals surface area contributed by atoms with Crippen LogP contribution in [0.2, 0.25) is 0 Å². The van der Waals surface area contributed by atoms with E-state index in [2.05, 4.69) is 34.2 Å². The van der Waals surface area contributed by atoms with E-state index in [-0.39, 0.29) is 5.75 Å². The molecule has 130 valence electrons. The van der Waals surface area contributed by atoms with E-state index in [1.54, 1.807) is 0 Å². The van der Waals surface area contributed by atoms with Crippen LogP contribution in [0.5, 0.6) is 0 Å². The number of hydrogen-bond acceptors (Lipinski definition) is 3. The van der Waals surface area contributed by atoms with E-state index in [0.717, 1.165) is 32.4 Å². The first-order chi connectivity index (χ1) is 10.4. The summed E-state index contributed by atoms with van der Waals surface area (Å²) in [7, 11) is -3.19. The van der Waals surface area contributed by atoms with Gasteiger partial charge in [0.25, 0.3) is 0 Å². The minimum atomic E-state index is -3.19. The maximum Gasteiger partial charge on any atom is 0.213 e. The molecule has 3 N–H and O–H groups in total. The van der Waals surface area contributed by atoms with Gasteiger partial charge in [-0.1, -0.05) is 20.3 Å². The Morgan fingerprint density at radius 2 is 2.00 bits per heavy atom. The van der Waals surface area contributed by atoms with Crippen molar-refractivity contribution in [3.8, 4) is 0 Å². The van der Waals surface area contributed by atoms with E-state index in [9.17, 15) is 8.42 Å². The van der Waals surface area contributed by atoms with Crippen molar-refractivity contribution >= 4 is 16.0 Å². The summed E-state index contributed by atoms with van der Waals surface area (Å²) in [5, 5.41) is 6.22. The van der Waals surface area contributed by atoms with E-state index < -0.39 is 10.0 Å². The fraction of sp³-hybridized carbons (Fsp3) is 0.933. The lowest BCUT2D eigenvalue weighted by Crippen LogP contribution is -2.42. The summed E-state index contributed by atoms with van der Waals surface area (Å²) in [6, 6.07) is 0. The predicted molar refractivity (Wildman–Crippen MR) is 92.6 cm³/mol.